The molecule has 2 aromatic rings. The topological polar surface area (TPSA) is 77.5 Å². The Morgan fingerprint density at radius 1 is 1.26 bits per heavy atom. The lowest BCUT2D eigenvalue weighted by molar-refractivity contribution is 0.0295. The van der Waals surface area contributed by atoms with Crippen LogP contribution in [0.25, 0.3) is 11.3 Å². The summed E-state index contributed by atoms with van der Waals surface area (Å²) in [6.07, 6.45) is 4.20. The van der Waals surface area contributed by atoms with Crippen molar-refractivity contribution in [3.63, 3.8) is 0 Å². The van der Waals surface area contributed by atoms with E-state index in [1.165, 1.54) is 6.26 Å². The molecule has 0 amide bonds. The number of aromatic nitrogens is 1. The molecular formula is C19H23ClN2O4S. The van der Waals surface area contributed by atoms with Crippen molar-refractivity contribution in [1.29, 1.82) is 0 Å². The zero-order chi connectivity index (χ0) is 19.3. The van der Waals surface area contributed by atoms with Crippen LogP contribution in [0.5, 0.6) is 5.75 Å². The third-order valence-corrected chi connectivity index (χ3v) is 5.43. The summed E-state index contributed by atoms with van der Waals surface area (Å²) < 4.78 is 37.0. The molecule has 2 unspecified atom stereocenters. The molecule has 0 aliphatic carbocycles. The van der Waals surface area contributed by atoms with Crippen LogP contribution >= 0.6 is 11.6 Å². The first-order valence-electron chi connectivity index (χ1n) is 8.80. The molecule has 27 heavy (non-hydrogen) atoms. The van der Waals surface area contributed by atoms with Gasteiger partial charge >= 0.3 is 0 Å². The molecule has 1 saturated heterocycles. The van der Waals surface area contributed by atoms with E-state index < -0.39 is 10.0 Å². The van der Waals surface area contributed by atoms with E-state index in [0.717, 1.165) is 17.0 Å². The van der Waals surface area contributed by atoms with Crippen molar-refractivity contribution < 1.29 is 17.9 Å². The van der Waals surface area contributed by atoms with E-state index in [4.69, 9.17) is 21.1 Å². The molecule has 0 bridgehead atoms. The Morgan fingerprint density at radius 2 is 2.04 bits per heavy atom. The Kier molecular flexibility index (Phi) is 6.70. The second-order valence-corrected chi connectivity index (χ2v) is 8.86. The van der Waals surface area contributed by atoms with Crippen molar-refractivity contribution in [3.05, 3.63) is 47.6 Å². The Morgan fingerprint density at radius 3 is 2.70 bits per heavy atom. The van der Waals surface area contributed by atoms with Gasteiger partial charge in [-0.15, -0.1) is 0 Å². The maximum Gasteiger partial charge on any atom is 0.208 e. The number of pyridine rings is 1. The van der Waals surface area contributed by atoms with E-state index >= 15 is 0 Å². The Labute approximate surface area is 164 Å². The molecule has 0 saturated carbocycles. The highest BCUT2D eigenvalue weighted by atomic mass is 35.5. The molecule has 1 aromatic heterocycles. The number of benzene rings is 1. The monoisotopic (exact) mass is 410 g/mol. The summed E-state index contributed by atoms with van der Waals surface area (Å²) in [6.45, 7) is 1.61. The summed E-state index contributed by atoms with van der Waals surface area (Å²) in [6, 6.07) is 11.3. The molecule has 1 N–H and O–H groups in total. The van der Waals surface area contributed by atoms with Gasteiger partial charge in [-0.2, -0.15) is 0 Å². The van der Waals surface area contributed by atoms with Gasteiger partial charge < -0.3 is 9.47 Å². The minimum Gasteiger partial charge on any atom is -0.494 e. The Hall–Kier alpha value is -1.67. The molecule has 2 heterocycles. The first kappa shape index (κ1) is 20.1. The standard InChI is InChI=1S/C19H23ClN2O4S/c1-27(23,24)22-19-9-10-25-13-15(19)8-11-26-17-5-2-14(3-6-17)18-7-4-16(20)12-21-18/h2-7,12,15,19,22H,8-11,13H2,1H3. The molecule has 0 spiro atoms. The van der Waals surface area contributed by atoms with E-state index in [2.05, 4.69) is 9.71 Å². The molecule has 6 nitrogen and oxygen atoms in total. The fourth-order valence-corrected chi connectivity index (χ4v) is 4.08. The third kappa shape index (κ3) is 6.17. The normalized spacial score (nSPS) is 20.4. The minimum atomic E-state index is -3.23. The molecule has 2 atom stereocenters. The smallest absolute Gasteiger partial charge is 0.208 e. The number of hydrogen-bond donors (Lipinski definition) is 1. The molecule has 1 aliphatic heterocycles. The second-order valence-electron chi connectivity index (χ2n) is 6.64. The summed E-state index contributed by atoms with van der Waals surface area (Å²) in [4.78, 5) is 4.30. The maximum absolute atomic E-state index is 11.5. The quantitative estimate of drug-likeness (QED) is 0.758. The summed E-state index contributed by atoms with van der Waals surface area (Å²) >= 11 is 5.86. The van der Waals surface area contributed by atoms with Crippen LogP contribution in [-0.2, 0) is 14.8 Å². The van der Waals surface area contributed by atoms with E-state index in [1.807, 2.05) is 36.4 Å². The SMILES string of the molecule is CS(=O)(=O)NC1CCOCC1CCOc1ccc(-c2ccc(Cl)cn2)cc1. The van der Waals surface area contributed by atoms with E-state index in [0.29, 0.717) is 37.7 Å². The van der Waals surface area contributed by atoms with E-state index in [9.17, 15) is 8.42 Å². The lowest BCUT2D eigenvalue weighted by Gasteiger charge is -2.31. The number of nitrogens with zero attached hydrogens (tertiary/aromatic N) is 1. The molecule has 8 heteroatoms. The molecular weight excluding hydrogens is 388 g/mol. The molecule has 1 aliphatic rings. The Bertz CT molecular complexity index is 841. The van der Waals surface area contributed by atoms with Crippen molar-refractivity contribution in [3.8, 4) is 17.0 Å². The highest BCUT2D eigenvalue weighted by Crippen LogP contribution is 2.23. The summed E-state index contributed by atoms with van der Waals surface area (Å²) in [5.41, 5.74) is 1.83. The zero-order valence-corrected chi connectivity index (χ0v) is 16.7. The molecule has 3 rings (SSSR count). The average molecular weight is 411 g/mol. The number of ether oxygens (including phenoxy) is 2. The van der Waals surface area contributed by atoms with Crippen LogP contribution in [-0.4, -0.2) is 45.5 Å². The largest absolute Gasteiger partial charge is 0.494 e. The highest BCUT2D eigenvalue weighted by molar-refractivity contribution is 7.88. The summed E-state index contributed by atoms with van der Waals surface area (Å²) in [5, 5.41) is 0.606. The number of halogens is 1. The van der Waals surface area contributed by atoms with Crippen LogP contribution in [0.4, 0.5) is 0 Å². The van der Waals surface area contributed by atoms with Crippen LogP contribution in [0.1, 0.15) is 12.8 Å². The molecule has 1 aromatic carbocycles. The van der Waals surface area contributed by atoms with Gasteiger partial charge in [0.05, 0.1) is 30.2 Å². The van der Waals surface area contributed by atoms with Crippen LogP contribution in [0.3, 0.4) is 0 Å². The van der Waals surface area contributed by atoms with Crippen LogP contribution < -0.4 is 9.46 Å². The second kappa shape index (κ2) is 9.01. The predicted octanol–water partition coefficient (Wildman–Crippen LogP) is 3.13. The van der Waals surface area contributed by atoms with Gasteiger partial charge in [-0.25, -0.2) is 13.1 Å². The Balaban J connectivity index is 1.53. The van der Waals surface area contributed by atoms with Crippen molar-refractivity contribution >= 4 is 21.6 Å². The van der Waals surface area contributed by atoms with Gasteiger partial charge in [0.25, 0.3) is 0 Å². The zero-order valence-electron chi connectivity index (χ0n) is 15.1. The minimum absolute atomic E-state index is 0.101. The van der Waals surface area contributed by atoms with Gasteiger partial charge in [-0.05, 0) is 49.2 Å². The van der Waals surface area contributed by atoms with Crippen molar-refractivity contribution in [2.45, 2.75) is 18.9 Å². The molecule has 1 fully saturated rings. The lowest BCUT2D eigenvalue weighted by Crippen LogP contribution is -2.45. The highest BCUT2D eigenvalue weighted by Gasteiger charge is 2.27. The van der Waals surface area contributed by atoms with Gasteiger partial charge in [0.1, 0.15) is 5.75 Å². The molecule has 0 radical (unpaired) electrons. The van der Waals surface area contributed by atoms with Crippen molar-refractivity contribution in [2.24, 2.45) is 5.92 Å². The first-order chi connectivity index (χ1) is 12.9. The summed E-state index contributed by atoms with van der Waals surface area (Å²) in [7, 11) is -3.23. The van der Waals surface area contributed by atoms with E-state index in [-0.39, 0.29) is 12.0 Å². The average Bonchev–Trinajstić information content (AvgIpc) is 2.63. The van der Waals surface area contributed by atoms with Crippen LogP contribution in [0.15, 0.2) is 42.6 Å². The van der Waals surface area contributed by atoms with Crippen molar-refractivity contribution in [2.75, 3.05) is 26.1 Å². The maximum atomic E-state index is 11.5. The number of nitrogens with one attached hydrogen (secondary N) is 1. The third-order valence-electron chi connectivity index (χ3n) is 4.47. The van der Waals surface area contributed by atoms with Gasteiger partial charge in [-0.3, -0.25) is 4.98 Å². The molecule has 146 valence electrons. The fraction of sp³-hybridized carbons (Fsp3) is 0.421. The van der Waals surface area contributed by atoms with Gasteiger partial charge in [0.15, 0.2) is 0 Å². The first-order valence-corrected chi connectivity index (χ1v) is 11.1. The van der Waals surface area contributed by atoms with Crippen LogP contribution in [0, 0.1) is 5.92 Å². The number of hydrogen-bond acceptors (Lipinski definition) is 5. The summed E-state index contributed by atoms with van der Waals surface area (Å²) in [5.74, 6) is 0.864. The van der Waals surface area contributed by atoms with Crippen LogP contribution in [0.2, 0.25) is 5.02 Å². The fourth-order valence-electron chi connectivity index (χ4n) is 3.11. The predicted molar refractivity (Wildman–Crippen MR) is 105 cm³/mol. The number of rotatable bonds is 7. The van der Waals surface area contributed by atoms with E-state index in [1.54, 1.807) is 6.20 Å². The van der Waals surface area contributed by atoms with Gasteiger partial charge in [0, 0.05) is 30.3 Å². The van der Waals surface area contributed by atoms with Gasteiger partial charge in [0.2, 0.25) is 10.0 Å². The van der Waals surface area contributed by atoms with Gasteiger partial charge in [-0.1, -0.05) is 11.6 Å². The lowest BCUT2D eigenvalue weighted by atomic mass is 9.94. The number of sulfonamides is 1. The van der Waals surface area contributed by atoms with Crippen molar-refractivity contribution in [1.82, 2.24) is 9.71 Å².